The molecule has 1 aliphatic heterocycles. The molecule has 4 atom stereocenters. The molecule has 46 heavy (non-hydrogen) atoms. The van der Waals surface area contributed by atoms with Gasteiger partial charge >= 0.3 is 6.18 Å². The quantitative estimate of drug-likeness (QED) is 0.289. The molecule has 2 aromatic rings. The number of fused-ring (bicyclic) bond motifs is 1. The van der Waals surface area contributed by atoms with Crippen LogP contribution in [0.2, 0.25) is 10.0 Å². The van der Waals surface area contributed by atoms with Gasteiger partial charge in [0.25, 0.3) is 5.91 Å². The van der Waals surface area contributed by atoms with E-state index < -0.39 is 36.9 Å². The van der Waals surface area contributed by atoms with E-state index in [0.29, 0.717) is 41.9 Å². The van der Waals surface area contributed by atoms with Crippen molar-refractivity contribution in [1.29, 1.82) is 0 Å². The first-order valence-electron chi connectivity index (χ1n) is 15.5. The molecule has 2 aromatic carbocycles. The number of aliphatic hydroxyl groups excluding tert-OH is 1. The third kappa shape index (κ3) is 11.9. The van der Waals surface area contributed by atoms with Crippen molar-refractivity contribution in [3.8, 4) is 5.75 Å². The van der Waals surface area contributed by atoms with Gasteiger partial charge in [0.15, 0.2) is 0 Å². The lowest BCUT2D eigenvalue weighted by Crippen LogP contribution is -2.47. The van der Waals surface area contributed by atoms with E-state index in [1.165, 1.54) is 12.1 Å². The van der Waals surface area contributed by atoms with E-state index >= 15 is 0 Å². The number of nitrogens with zero attached hydrogens (tertiary/aromatic N) is 2. The highest BCUT2D eigenvalue weighted by Gasteiger charge is 2.31. The Bertz CT molecular complexity index is 1320. The zero-order valence-corrected chi connectivity index (χ0v) is 28.2. The zero-order valence-electron chi connectivity index (χ0n) is 26.7. The van der Waals surface area contributed by atoms with Gasteiger partial charge in [0.1, 0.15) is 5.75 Å². The van der Waals surface area contributed by atoms with Gasteiger partial charge in [0, 0.05) is 44.3 Å². The summed E-state index contributed by atoms with van der Waals surface area (Å²) in [7, 11) is 1.98. The molecule has 0 bridgehead atoms. The van der Waals surface area contributed by atoms with E-state index in [9.17, 15) is 27.9 Å². The molecule has 1 heterocycles. The number of ether oxygens (including phenoxy) is 2. The Balaban J connectivity index is 1.88. The van der Waals surface area contributed by atoms with E-state index in [1.54, 1.807) is 24.0 Å². The largest absolute Gasteiger partial charge is 0.490 e. The van der Waals surface area contributed by atoms with Crippen molar-refractivity contribution in [2.45, 2.75) is 83.8 Å². The molecule has 0 fully saturated rings. The lowest BCUT2D eigenvalue weighted by molar-refractivity contribution is -0.142. The van der Waals surface area contributed by atoms with Gasteiger partial charge in [-0.25, -0.2) is 0 Å². The second-order valence-electron chi connectivity index (χ2n) is 12.1. The molecular formula is C33H44Cl2F3N3O5. The van der Waals surface area contributed by atoms with Gasteiger partial charge in [-0.15, -0.1) is 0 Å². The summed E-state index contributed by atoms with van der Waals surface area (Å²) in [5.74, 6) is -1.13. The van der Waals surface area contributed by atoms with Crippen LogP contribution in [-0.2, 0) is 16.1 Å². The molecule has 1 aliphatic rings. The average molecular weight is 691 g/mol. The summed E-state index contributed by atoms with van der Waals surface area (Å²) in [6, 6.07) is 9.40. The van der Waals surface area contributed by atoms with Crippen LogP contribution in [0.1, 0.15) is 68.8 Å². The van der Waals surface area contributed by atoms with Crippen LogP contribution in [0.15, 0.2) is 36.4 Å². The summed E-state index contributed by atoms with van der Waals surface area (Å²) in [5, 5.41) is 13.6. The number of aliphatic hydroxyl groups is 1. The third-order valence-corrected chi connectivity index (χ3v) is 8.64. The monoisotopic (exact) mass is 689 g/mol. The number of carbonyl (C=O) groups is 2. The standard InChI is InChI=1S/C33H44Cl2F3N3O5/c1-21-17-41(22(2)20-42)32(44)26-16-25(39-31(43)12-13-33(36,37)38)9-11-29(26)46-23(3)7-5-6-14-45-30(21)19-40(4)18-24-8-10-27(34)28(35)15-24/h8-11,15-16,21-23,30,42H,5-7,12-14,17-20H2,1-4H3,(H,39,43)/t21-,22-,23+,30+/m1/s1. The molecule has 0 unspecified atom stereocenters. The number of alkyl halides is 3. The third-order valence-electron chi connectivity index (χ3n) is 7.90. The molecule has 0 aliphatic carbocycles. The topological polar surface area (TPSA) is 91.3 Å². The molecule has 8 nitrogen and oxygen atoms in total. The first kappa shape index (κ1) is 37.9. The molecule has 0 radical (unpaired) electrons. The molecule has 13 heteroatoms. The Hall–Kier alpha value is -2.57. The molecule has 256 valence electrons. The van der Waals surface area contributed by atoms with Gasteiger partial charge in [-0.2, -0.15) is 13.2 Å². The molecule has 0 saturated heterocycles. The fourth-order valence-corrected chi connectivity index (χ4v) is 5.58. The first-order valence-corrected chi connectivity index (χ1v) is 16.3. The van der Waals surface area contributed by atoms with Gasteiger partial charge < -0.3 is 24.8 Å². The minimum absolute atomic E-state index is 0.138. The predicted octanol–water partition coefficient (Wildman–Crippen LogP) is 7.20. The van der Waals surface area contributed by atoms with Crippen LogP contribution in [-0.4, -0.2) is 84.5 Å². The van der Waals surface area contributed by atoms with Crippen LogP contribution in [0.5, 0.6) is 5.75 Å². The zero-order chi connectivity index (χ0) is 34.0. The van der Waals surface area contributed by atoms with Crippen molar-refractivity contribution >= 4 is 40.7 Å². The molecule has 2 N–H and O–H groups in total. The number of nitrogens with one attached hydrogen (secondary N) is 1. The van der Waals surface area contributed by atoms with Crippen molar-refractivity contribution < 1.29 is 37.3 Å². The van der Waals surface area contributed by atoms with Crippen LogP contribution in [0.4, 0.5) is 18.9 Å². The van der Waals surface area contributed by atoms with Gasteiger partial charge in [0.05, 0.1) is 46.9 Å². The normalized spacial score (nSPS) is 20.9. The smallest absolute Gasteiger partial charge is 0.389 e. The van der Waals surface area contributed by atoms with Gasteiger partial charge in [-0.1, -0.05) is 36.2 Å². The summed E-state index contributed by atoms with van der Waals surface area (Å²) < 4.78 is 50.5. The van der Waals surface area contributed by atoms with Crippen LogP contribution < -0.4 is 10.1 Å². The number of carbonyl (C=O) groups excluding carboxylic acids is 2. The predicted molar refractivity (Wildman–Crippen MR) is 174 cm³/mol. The van der Waals surface area contributed by atoms with Gasteiger partial charge in [-0.3, -0.25) is 14.5 Å². The molecule has 2 amide bonds. The Morgan fingerprint density at radius 2 is 1.89 bits per heavy atom. The minimum Gasteiger partial charge on any atom is -0.490 e. The second kappa shape index (κ2) is 17.5. The highest BCUT2D eigenvalue weighted by molar-refractivity contribution is 6.42. The number of halogens is 5. The fraction of sp³-hybridized carbons (Fsp3) is 0.576. The number of anilines is 1. The number of amides is 2. The number of benzene rings is 2. The average Bonchev–Trinajstić information content (AvgIpc) is 2.99. The number of rotatable bonds is 9. The van der Waals surface area contributed by atoms with E-state index in [4.69, 9.17) is 32.7 Å². The summed E-state index contributed by atoms with van der Waals surface area (Å²) in [5.41, 5.74) is 1.30. The van der Waals surface area contributed by atoms with Crippen LogP contribution in [0.25, 0.3) is 0 Å². The lowest BCUT2D eigenvalue weighted by atomic mass is 10.0. The SMILES string of the molecule is C[C@@H]1CN([C@H](C)CO)C(=O)c2cc(NC(=O)CCC(F)(F)F)ccc2O[C@@H](C)CCCCO[C@H]1CN(C)Cc1ccc(Cl)c(Cl)c1. The lowest BCUT2D eigenvalue weighted by Gasteiger charge is -2.36. The van der Waals surface area contributed by atoms with Crippen molar-refractivity contribution in [3.63, 3.8) is 0 Å². The van der Waals surface area contributed by atoms with Crippen molar-refractivity contribution in [3.05, 3.63) is 57.6 Å². The minimum atomic E-state index is -4.47. The fourth-order valence-electron chi connectivity index (χ4n) is 5.26. The number of likely N-dealkylation sites (N-methyl/N-ethyl adjacent to an activating group) is 1. The molecule has 0 spiro atoms. The highest BCUT2D eigenvalue weighted by Crippen LogP contribution is 2.29. The van der Waals surface area contributed by atoms with Crippen molar-refractivity contribution in [2.24, 2.45) is 5.92 Å². The van der Waals surface area contributed by atoms with Crippen LogP contribution >= 0.6 is 23.2 Å². The molecule has 0 aromatic heterocycles. The van der Waals surface area contributed by atoms with Crippen LogP contribution in [0.3, 0.4) is 0 Å². The summed E-state index contributed by atoms with van der Waals surface area (Å²) in [4.78, 5) is 30.1. The maximum atomic E-state index is 14.2. The number of hydrogen-bond donors (Lipinski definition) is 2. The molecular weight excluding hydrogens is 646 g/mol. The summed E-state index contributed by atoms with van der Waals surface area (Å²) in [6.45, 7) is 7.23. The van der Waals surface area contributed by atoms with Crippen molar-refractivity contribution in [2.75, 3.05) is 38.7 Å². The molecule has 3 rings (SSSR count). The Kier molecular flexibility index (Phi) is 14.4. The van der Waals surface area contributed by atoms with E-state index in [-0.39, 0.29) is 42.5 Å². The number of hydrogen-bond acceptors (Lipinski definition) is 6. The Labute approximate surface area is 279 Å². The molecule has 0 saturated carbocycles. The second-order valence-corrected chi connectivity index (χ2v) is 12.9. The summed E-state index contributed by atoms with van der Waals surface area (Å²) in [6.07, 6.45) is -4.65. The van der Waals surface area contributed by atoms with Gasteiger partial charge in [-0.05, 0) is 76.1 Å². The van der Waals surface area contributed by atoms with Crippen molar-refractivity contribution in [1.82, 2.24) is 9.80 Å². The van der Waals surface area contributed by atoms with E-state index in [1.807, 2.05) is 33.0 Å². The summed E-state index contributed by atoms with van der Waals surface area (Å²) >= 11 is 12.3. The highest BCUT2D eigenvalue weighted by atomic mass is 35.5. The van der Waals surface area contributed by atoms with E-state index in [2.05, 4.69) is 10.2 Å². The Morgan fingerprint density at radius 3 is 2.57 bits per heavy atom. The van der Waals surface area contributed by atoms with E-state index in [0.717, 1.165) is 18.4 Å². The first-order chi connectivity index (χ1) is 21.7. The Morgan fingerprint density at radius 1 is 1.15 bits per heavy atom. The van der Waals surface area contributed by atoms with Gasteiger partial charge in [0.2, 0.25) is 5.91 Å². The maximum absolute atomic E-state index is 14.2. The van der Waals surface area contributed by atoms with Crippen LogP contribution in [0, 0.1) is 5.92 Å². The maximum Gasteiger partial charge on any atom is 0.389 e.